The lowest BCUT2D eigenvalue weighted by atomic mass is 10.2. The Bertz CT molecular complexity index is 918. The number of aromatic carboxylic acids is 1. The number of amides is 1. The second kappa shape index (κ2) is 8.09. The van der Waals surface area contributed by atoms with Gasteiger partial charge >= 0.3 is 5.97 Å². The third kappa shape index (κ3) is 4.38. The van der Waals surface area contributed by atoms with Crippen molar-refractivity contribution in [1.29, 1.82) is 0 Å². The Kier molecular flexibility index (Phi) is 5.61. The molecule has 0 atom stereocenters. The summed E-state index contributed by atoms with van der Waals surface area (Å²) in [5.74, 6) is -0.332. The maximum absolute atomic E-state index is 12.5. The number of amidine groups is 1. The van der Waals surface area contributed by atoms with Gasteiger partial charge in [0.2, 0.25) is 0 Å². The highest BCUT2D eigenvalue weighted by Gasteiger charge is 2.30. The lowest BCUT2D eigenvalue weighted by Gasteiger charge is -2.07. The second-order valence-corrected chi connectivity index (χ2v) is 6.73. The molecular formula is C20H18N2O4S. The molecule has 0 aromatic heterocycles. The number of thioether (sulfide) groups is 1. The molecule has 0 radical (unpaired) electrons. The summed E-state index contributed by atoms with van der Waals surface area (Å²) in [5, 5.41) is 9.49. The first-order chi connectivity index (χ1) is 13.0. The number of hydrogen-bond acceptors (Lipinski definition) is 5. The molecule has 0 unspecified atom stereocenters. The van der Waals surface area contributed by atoms with Crippen LogP contribution >= 0.6 is 11.8 Å². The van der Waals surface area contributed by atoms with Crippen LogP contribution in [0.3, 0.4) is 0 Å². The number of carbonyl (C=O) groups is 2. The van der Waals surface area contributed by atoms with Crippen LogP contribution in [0, 0.1) is 0 Å². The van der Waals surface area contributed by atoms with E-state index in [1.807, 2.05) is 37.3 Å². The van der Waals surface area contributed by atoms with Gasteiger partial charge in [-0.05, 0) is 66.7 Å². The molecule has 3 rings (SSSR count). The summed E-state index contributed by atoms with van der Waals surface area (Å²) >= 11 is 1.28. The normalized spacial score (nSPS) is 17.0. The first-order valence-corrected chi connectivity index (χ1v) is 9.12. The van der Waals surface area contributed by atoms with Crippen LogP contribution in [0.4, 0.5) is 5.69 Å². The Hall–Kier alpha value is -3.06. The molecule has 0 saturated carbocycles. The molecule has 0 bridgehead atoms. The van der Waals surface area contributed by atoms with E-state index in [2.05, 4.69) is 4.99 Å². The van der Waals surface area contributed by atoms with E-state index < -0.39 is 5.97 Å². The van der Waals surface area contributed by atoms with Gasteiger partial charge in [-0.15, -0.1) is 0 Å². The molecule has 1 fully saturated rings. The number of ether oxygens (including phenoxy) is 1. The summed E-state index contributed by atoms with van der Waals surface area (Å²) in [7, 11) is 1.67. The lowest BCUT2D eigenvalue weighted by Crippen LogP contribution is -2.23. The van der Waals surface area contributed by atoms with E-state index in [9.17, 15) is 9.59 Å². The zero-order valence-corrected chi connectivity index (χ0v) is 15.7. The van der Waals surface area contributed by atoms with Crippen molar-refractivity contribution in [2.24, 2.45) is 4.99 Å². The van der Waals surface area contributed by atoms with Crippen molar-refractivity contribution in [2.45, 2.75) is 6.92 Å². The molecule has 7 heteroatoms. The van der Waals surface area contributed by atoms with Crippen LogP contribution in [-0.2, 0) is 4.79 Å². The zero-order valence-electron chi connectivity index (χ0n) is 14.9. The highest BCUT2D eigenvalue weighted by Crippen LogP contribution is 2.33. The van der Waals surface area contributed by atoms with Crippen LogP contribution < -0.4 is 4.74 Å². The Morgan fingerprint density at radius 2 is 1.85 bits per heavy atom. The summed E-state index contributed by atoms with van der Waals surface area (Å²) in [5.41, 5.74) is 1.68. The van der Waals surface area contributed by atoms with Crippen molar-refractivity contribution in [2.75, 3.05) is 13.7 Å². The summed E-state index contributed by atoms with van der Waals surface area (Å²) < 4.78 is 5.42. The predicted molar refractivity (Wildman–Crippen MR) is 106 cm³/mol. The molecule has 0 aliphatic carbocycles. The maximum Gasteiger partial charge on any atom is 0.335 e. The van der Waals surface area contributed by atoms with Gasteiger partial charge in [-0.2, -0.15) is 0 Å². The highest BCUT2D eigenvalue weighted by molar-refractivity contribution is 8.18. The minimum atomic E-state index is -0.989. The van der Waals surface area contributed by atoms with Crippen molar-refractivity contribution < 1.29 is 19.4 Å². The van der Waals surface area contributed by atoms with E-state index in [1.54, 1.807) is 19.2 Å². The Balaban J connectivity index is 1.80. The van der Waals surface area contributed by atoms with Crippen LogP contribution in [0.1, 0.15) is 22.8 Å². The van der Waals surface area contributed by atoms with E-state index in [-0.39, 0.29) is 11.5 Å². The Morgan fingerprint density at radius 3 is 2.44 bits per heavy atom. The molecule has 6 nitrogen and oxygen atoms in total. The van der Waals surface area contributed by atoms with Gasteiger partial charge < -0.3 is 9.84 Å². The molecule has 27 heavy (non-hydrogen) atoms. The first kappa shape index (κ1) is 18.7. The SMILES string of the molecule is CCOc1ccc(/C=C2/SC(=Nc3ccc(C(=O)O)cc3)N(C)C2=O)cc1. The van der Waals surface area contributed by atoms with Crippen molar-refractivity contribution in [3.8, 4) is 5.75 Å². The number of carbonyl (C=O) groups excluding carboxylic acids is 1. The number of rotatable bonds is 5. The van der Waals surface area contributed by atoms with Gasteiger partial charge in [0, 0.05) is 7.05 Å². The van der Waals surface area contributed by atoms with Gasteiger partial charge in [0.1, 0.15) is 5.75 Å². The molecule has 2 aromatic rings. The van der Waals surface area contributed by atoms with E-state index in [0.29, 0.717) is 22.4 Å². The quantitative estimate of drug-likeness (QED) is 0.790. The molecule has 1 amide bonds. The third-order valence-corrected chi connectivity index (χ3v) is 4.89. The molecule has 1 saturated heterocycles. The van der Waals surface area contributed by atoms with E-state index in [4.69, 9.17) is 9.84 Å². The summed E-state index contributed by atoms with van der Waals surface area (Å²) in [6.07, 6.45) is 1.81. The van der Waals surface area contributed by atoms with Gasteiger partial charge in [0.15, 0.2) is 5.17 Å². The van der Waals surface area contributed by atoms with Gasteiger partial charge in [-0.3, -0.25) is 9.69 Å². The van der Waals surface area contributed by atoms with Crippen LogP contribution in [0.5, 0.6) is 5.75 Å². The third-order valence-electron chi connectivity index (χ3n) is 3.83. The van der Waals surface area contributed by atoms with E-state index in [1.165, 1.54) is 28.8 Å². The summed E-state index contributed by atoms with van der Waals surface area (Å²) in [6, 6.07) is 13.7. The molecule has 1 aliphatic rings. The molecule has 1 N–H and O–H groups in total. The number of carboxylic acid groups (broad SMARTS) is 1. The fourth-order valence-electron chi connectivity index (χ4n) is 2.42. The largest absolute Gasteiger partial charge is 0.494 e. The lowest BCUT2D eigenvalue weighted by molar-refractivity contribution is -0.121. The van der Waals surface area contributed by atoms with Gasteiger partial charge in [0.05, 0.1) is 22.8 Å². The van der Waals surface area contributed by atoms with Crippen molar-refractivity contribution in [1.82, 2.24) is 4.90 Å². The smallest absolute Gasteiger partial charge is 0.335 e. The number of benzene rings is 2. The summed E-state index contributed by atoms with van der Waals surface area (Å²) in [6.45, 7) is 2.53. The standard InChI is InChI=1S/C20H18N2O4S/c1-3-26-16-10-4-13(5-11-16)12-17-18(23)22(2)20(27-17)21-15-8-6-14(7-9-15)19(24)25/h4-12H,3H2,1-2H3,(H,24,25)/b17-12+,21-20?. The Morgan fingerprint density at radius 1 is 1.19 bits per heavy atom. The average Bonchev–Trinajstić information content (AvgIpc) is 2.92. The van der Waals surface area contributed by atoms with Gasteiger partial charge in [-0.1, -0.05) is 12.1 Å². The van der Waals surface area contributed by atoms with Crippen molar-refractivity contribution in [3.63, 3.8) is 0 Å². The van der Waals surface area contributed by atoms with Crippen molar-refractivity contribution >= 4 is 40.6 Å². The van der Waals surface area contributed by atoms with Crippen LogP contribution in [0.25, 0.3) is 6.08 Å². The number of hydrogen-bond donors (Lipinski definition) is 1. The van der Waals surface area contributed by atoms with Crippen LogP contribution in [0.15, 0.2) is 58.4 Å². The van der Waals surface area contributed by atoms with Gasteiger partial charge in [-0.25, -0.2) is 9.79 Å². The second-order valence-electron chi connectivity index (χ2n) is 5.72. The minimum absolute atomic E-state index is 0.130. The van der Waals surface area contributed by atoms with E-state index in [0.717, 1.165) is 11.3 Å². The first-order valence-electron chi connectivity index (χ1n) is 8.30. The van der Waals surface area contributed by atoms with Gasteiger partial charge in [0.25, 0.3) is 5.91 Å². The van der Waals surface area contributed by atoms with Crippen LogP contribution in [-0.4, -0.2) is 40.7 Å². The fraction of sp³-hybridized carbons (Fsp3) is 0.150. The summed E-state index contributed by atoms with van der Waals surface area (Å²) in [4.78, 5) is 29.9. The number of aliphatic imine (C=N–C) groups is 1. The van der Waals surface area contributed by atoms with Crippen molar-refractivity contribution in [3.05, 3.63) is 64.6 Å². The van der Waals surface area contributed by atoms with E-state index >= 15 is 0 Å². The molecule has 2 aromatic carbocycles. The number of carboxylic acids is 1. The maximum atomic E-state index is 12.5. The monoisotopic (exact) mass is 382 g/mol. The molecule has 0 spiro atoms. The predicted octanol–water partition coefficient (Wildman–Crippen LogP) is 4.02. The topological polar surface area (TPSA) is 79.2 Å². The zero-order chi connectivity index (χ0) is 19.4. The molecular weight excluding hydrogens is 364 g/mol. The van der Waals surface area contributed by atoms with Crippen LogP contribution in [0.2, 0.25) is 0 Å². The number of likely N-dealkylation sites (N-methyl/N-ethyl adjacent to an activating group) is 1. The fourth-order valence-corrected chi connectivity index (χ4v) is 3.41. The average molecular weight is 382 g/mol. The number of nitrogens with zero attached hydrogens (tertiary/aromatic N) is 2. The highest BCUT2D eigenvalue weighted by atomic mass is 32.2. The molecule has 1 heterocycles. The minimum Gasteiger partial charge on any atom is -0.494 e. The molecule has 138 valence electrons. The Labute approximate surface area is 161 Å². The molecule has 1 aliphatic heterocycles.